The van der Waals surface area contributed by atoms with E-state index in [1.54, 1.807) is 0 Å². The van der Waals surface area contributed by atoms with Crippen molar-refractivity contribution in [2.75, 3.05) is 7.05 Å². The highest BCUT2D eigenvalue weighted by atomic mass is 15.1. The van der Waals surface area contributed by atoms with Gasteiger partial charge in [-0.3, -0.25) is 0 Å². The van der Waals surface area contributed by atoms with E-state index in [9.17, 15) is 0 Å². The monoisotopic (exact) mass is 181 g/mol. The minimum atomic E-state index is 0.266. The maximum absolute atomic E-state index is 3.96. The van der Waals surface area contributed by atoms with E-state index in [1.807, 2.05) is 6.20 Å². The van der Waals surface area contributed by atoms with Gasteiger partial charge in [0.2, 0.25) is 0 Å². The van der Waals surface area contributed by atoms with Crippen molar-refractivity contribution in [1.82, 2.24) is 4.90 Å². The van der Waals surface area contributed by atoms with Gasteiger partial charge >= 0.3 is 0 Å². The van der Waals surface area contributed by atoms with Gasteiger partial charge in [0.05, 0.1) is 0 Å². The van der Waals surface area contributed by atoms with E-state index in [-0.39, 0.29) is 5.41 Å². The summed E-state index contributed by atoms with van der Waals surface area (Å²) in [5, 5.41) is 0. The van der Waals surface area contributed by atoms with Gasteiger partial charge in [-0.2, -0.15) is 0 Å². The minimum absolute atomic E-state index is 0.266. The van der Waals surface area contributed by atoms with Crippen LogP contribution in [0.3, 0.4) is 0 Å². The topological polar surface area (TPSA) is 3.24 Å². The summed E-state index contributed by atoms with van der Waals surface area (Å²) < 4.78 is 0. The van der Waals surface area contributed by atoms with Crippen LogP contribution in [0.1, 0.15) is 34.1 Å². The summed E-state index contributed by atoms with van der Waals surface area (Å²) in [5.74, 6) is 0. The predicted octanol–water partition coefficient (Wildman–Crippen LogP) is 3.44. The third kappa shape index (κ3) is 4.16. The maximum Gasteiger partial charge on any atom is 0.0366 e. The van der Waals surface area contributed by atoms with Crippen LogP contribution in [0.2, 0.25) is 0 Å². The van der Waals surface area contributed by atoms with Crippen molar-refractivity contribution in [2.24, 2.45) is 5.41 Å². The van der Waals surface area contributed by atoms with Crippen molar-refractivity contribution in [1.29, 1.82) is 0 Å². The Balaban J connectivity index is 4.55. The van der Waals surface area contributed by atoms with Crippen LogP contribution in [0.25, 0.3) is 0 Å². The first kappa shape index (κ1) is 12.3. The Kier molecular flexibility index (Phi) is 4.25. The molecule has 0 aromatic carbocycles. The summed E-state index contributed by atoms with van der Waals surface area (Å²) in [5.41, 5.74) is 1.50. The first-order valence-electron chi connectivity index (χ1n) is 4.78. The molecule has 1 unspecified atom stereocenters. The molecular formula is C12H23N. The zero-order chi connectivity index (χ0) is 10.6. The van der Waals surface area contributed by atoms with Crippen LogP contribution < -0.4 is 0 Å². The van der Waals surface area contributed by atoms with Crippen LogP contribution in [0.15, 0.2) is 24.9 Å². The van der Waals surface area contributed by atoms with Crippen molar-refractivity contribution in [3.05, 3.63) is 24.9 Å². The van der Waals surface area contributed by atoms with Gasteiger partial charge in [-0.05, 0) is 25.0 Å². The van der Waals surface area contributed by atoms with E-state index in [0.29, 0.717) is 6.04 Å². The first-order chi connectivity index (χ1) is 5.79. The van der Waals surface area contributed by atoms with Crippen LogP contribution in [0.5, 0.6) is 0 Å². The van der Waals surface area contributed by atoms with Crippen molar-refractivity contribution < 1.29 is 0 Å². The SMILES string of the molecule is C=CN(C)C(CC(=C)C)C(C)(C)C. The molecule has 1 atom stereocenters. The molecule has 1 nitrogen and oxygen atoms in total. The largest absolute Gasteiger partial charge is 0.377 e. The highest BCUT2D eigenvalue weighted by Crippen LogP contribution is 2.28. The second-order valence-electron chi connectivity index (χ2n) is 4.89. The van der Waals surface area contributed by atoms with Crippen LogP contribution in [-0.4, -0.2) is 18.0 Å². The van der Waals surface area contributed by atoms with Gasteiger partial charge in [0.25, 0.3) is 0 Å². The van der Waals surface area contributed by atoms with Crippen LogP contribution in [0, 0.1) is 5.41 Å². The molecule has 0 heterocycles. The van der Waals surface area contributed by atoms with Crippen molar-refractivity contribution >= 4 is 0 Å². The molecule has 0 amide bonds. The lowest BCUT2D eigenvalue weighted by atomic mass is 9.82. The van der Waals surface area contributed by atoms with E-state index < -0.39 is 0 Å². The minimum Gasteiger partial charge on any atom is -0.377 e. The molecule has 0 N–H and O–H groups in total. The van der Waals surface area contributed by atoms with E-state index in [0.717, 1.165) is 6.42 Å². The Morgan fingerprint density at radius 1 is 1.46 bits per heavy atom. The van der Waals surface area contributed by atoms with E-state index in [2.05, 4.69) is 52.8 Å². The average molecular weight is 181 g/mol. The lowest BCUT2D eigenvalue weighted by molar-refractivity contribution is 0.171. The van der Waals surface area contributed by atoms with Gasteiger partial charge in [0.1, 0.15) is 0 Å². The summed E-state index contributed by atoms with van der Waals surface area (Å²) in [6.45, 7) is 16.6. The van der Waals surface area contributed by atoms with Gasteiger partial charge < -0.3 is 4.90 Å². The summed E-state index contributed by atoms with van der Waals surface area (Å²) >= 11 is 0. The van der Waals surface area contributed by atoms with Crippen LogP contribution in [-0.2, 0) is 0 Å². The summed E-state index contributed by atoms with van der Waals surface area (Å²) in [6, 6.07) is 0.488. The molecule has 0 aromatic rings. The predicted molar refractivity (Wildman–Crippen MR) is 60.6 cm³/mol. The van der Waals surface area contributed by atoms with Crippen molar-refractivity contribution in [3.63, 3.8) is 0 Å². The Morgan fingerprint density at radius 3 is 2.15 bits per heavy atom. The van der Waals surface area contributed by atoms with E-state index in [4.69, 9.17) is 0 Å². The Hall–Kier alpha value is -0.720. The molecule has 0 fully saturated rings. The molecule has 0 rings (SSSR count). The Morgan fingerprint density at radius 2 is 1.92 bits per heavy atom. The molecule has 0 aliphatic heterocycles. The quantitative estimate of drug-likeness (QED) is 0.600. The summed E-state index contributed by atoms with van der Waals surface area (Å²) in [7, 11) is 2.08. The fraction of sp³-hybridized carbons (Fsp3) is 0.667. The van der Waals surface area contributed by atoms with E-state index in [1.165, 1.54) is 5.57 Å². The number of hydrogen-bond acceptors (Lipinski definition) is 1. The molecule has 0 aliphatic rings. The molecule has 0 saturated carbocycles. The Labute approximate surface area is 83.1 Å². The van der Waals surface area contributed by atoms with Crippen molar-refractivity contribution in [2.45, 2.75) is 40.2 Å². The molecule has 0 spiro atoms. The summed E-state index contributed by atoms with van der Waals surface area (Å²) in [6.07, 6.45) is 2.92. The number of rotatable bonds is 4. The third-order valence-corrected chi connectivity index (χ3v) is 2.32. The molecule has 0 aromatic heterocycles. The first-order valence-corrected chi connectivity index (χ1v) is 4.78. The van der Waals surface area contributed by atoms with Gasteiger partial charge in [-0.15, -0.1) is 6.58 Å². The molecule has 0 aliphatic carbocycles. The molecule has 76 valence electrons. The van der Waals surface area contributed by atoms with Gasteiger partial charge in [0.15, 0.2) is 0 Å². The van der Waals surface area contributed by atoms with Gasteiger partial charge in [-0.25, -0.2) is 0 Å². The molecule has 0 saturated heterocycles. The normalized spacial score (nSPS) is 13.6. The smallest absolute Gasteiger partial charge is 0.0366 e. The fourth-order valence-electron chi connectivity index (χ4n) is 1.52. The maximum atomic E-state index is 3.96. The van der Waals surface area contributed by atoms with Crippen LogP contribution >= 0.6 is 0 Å². The van der Waals surface area contributed by atoms with E-state index >= 15 is 0 Å². The number of hydrogen-bond donors (Lipinski definition) is 0. The second kappa shape index (κ2) is 4.50. The molecule has 0 bridgehead atoms. The second-order valence-corrected chi connectivity index (χ2v) is 4.89. The average Bonchev–Trinajstić information content (AvgIpc) is 1.96. The Bertz CT molecular complexity index is 186. The standard InChI is InChI=1S/C12H23N/c1-8-13(7)11(9-10(2)3)12(4,5)6/h8,11H,1-2,9H2,3-7H3. The number of nitrogens with zero attached hydrogens (tertiary/aromatic N) is 1. The zero-order valence-corrected chi connectivity index (χ0v) is 9.72. The third-order valence-electron chi connectivity index (χ3n) is 2.32. The fourth-order valence-corrected chi connectivity index (χ4v) is 1.52. The molecular weight excluding hydrogens is 158 g/mol. The highest BCUT2D eigenvalue weighted by molar-refractivity contribution is 4.98. The highest BCUT2D eigenvalue weighted by Gasteiger charge is 2.26. The van der Waals surface area contributed by atoms with Crippen molar-refractivity contribution in [3.8, 4) is 0 Å². The molecule has 1 heteroatoms. The van der Waals surface area contributed by atoms with Gasteiger partial charge in [0, 0.05) is 13.1 Å². The summed E-state index contributed by atoms with van der Waals surface area (Å²) in [4.78, 5) is 2.18. The lowest BCUT2D eigenvalue weighted by Gasteiger charge is -2.37. The zero-order valence-electron chi connectivity index (χ0n) is 9.72. The molecule has 0 radical (unpaired) electrons. The molecule has 13 heavy (non-hydrogen) atoms. The van der Waals surface area contributed by atoms with Gasteiger partial charge in [-0.1, -0.05) is 32.9 Å². The van der Waals surface area contributed by atoms with Crippen LogP contribution in [0.4, 0.5) is 0 Å². The lowest BCUT2D eigenvalue weighted by Crippen LogP contribution is -2.38.